The van der Waals surface area contributed by atoms with Crippen LogP contribution in [0.25, 0.3) is 0 Å². The first-order valence-electron chi connectivity index (χ1n) is 7.33. The Kier molecular flexibility index (Phi) is 3.23. The summed E-state index contributed by atoms with van der Waals surface area (Å²) < 4.78 is 5.31. The standard InChI is InChI=1S/C14H16N4O3S/c19-12(11-15-2-4-22-11)18-6-9(7-18)5-10-16-13(20)14(17-10)1-3-21-8-14/h2,4,9H,1,3,5-8H2,(H,16,17,20). The number of carbonyl (C=O) groups is 2. The highest BCUT2D eigenvalue weighted by Crippen LogP contribution is 2.29. The predicted octanol–water partition coefficient (Wildman–Crippen LogP) is 0.293. The van der Waals surface area contributed by atoms with Gasteiger partial charge in [0, 0.05) is 50.0 Å². The number of aromatic nitrogens is 1. The molecule has 22 heavy (non-hydrogen) atoms. The van der Waals surface area contributed by atoms with Gasteiger partial charge in [0.05, 0.1) is 6.61 Å². The van der Waals surface area contributed by atoms with Gasteiger partial charge >= 0.3 is 0 Å². The first-order chi connectivity index (χ1) is 10.7. The van der Waals surface area contributed by atoms with Crippen LogP contribution < -0.4 is 5.32 Å². The number of hydrogen-bond acceptors (Lipinski definition) is 6. The number of nitrogens with zero attached hydrogens (tertiary/aromatic N) is 3. The van der Waals surface area contributed by atoms with Crippen LogP contribution in [-0.2, 0) is 9.53 Å². The maximum Gasteiger partial charge on any atom is 0.282 e. The van der Waals surface area contributed by atoms with E-state index in [1.807, 2.05) is 0 Å². The van der Waals surface area contributed by atoms with Gasteiger partial charge in [-0.15, -0.1) is 11.3 Å². The Balaban J connectivity index is 1.33. The molecule has 7 nitrogen and oxygen atoms in total. The topological polar surface area (TPSA) is 83.9 Å². The molecule has 1 atom stereocenters. The molecule has 1 unspecified atom stereocenters. The van der Waals surface area contributed by atoms with E-state index in [0.717, 1.165) is 5.84 Å². The minimum Gasteiger partial charge on any atom is -0.378 e. The summed E-state index contributed by atoms with van der Waals surface area (Å²) in [6.07, 6.45) is 3.00. The highest BCUT2D eigenvalue weighted by Gasteiger charge is 2.47. The zero-order valence-corrected chi connectivity index (χ0v) is 12.8. The van der Waals surface area contributed by atoms with Gasteiger partial charge in [0.2, 0.25) is 0 Å². The molecule has 0 bridgehead atoms. The summed E-state index contributed by atoms with van der Waals surface area (Å²) in [6.45, 7) is 2.35. The van der Waals surface area contributed by atoms with Crippen LogP contribution in [0.5, 0.6) is 0 Å². The van der Waals surface area contributed by atoms with Crippen molar-refractivity contribution in [1.29, 1.82) is 0 Å². The second kappa shape index (κ2) is 5.13. The molecule has 1 N–H and O–H groups in total. The van der Waals surface area contributed by atoms with Crippen LogP contribution in [0.15, 0.2) is 16.6 Å². The minimum atomic E-state index is -0.685. The van der Waals surface area contributed by atoms with Crippen LogP contribution in [0.3, 0.4) is 0 Å². The van der Waals surface area contributed by atoms with Gasteiger partial charge in [-0.1, -0.05) is 0 Å². The van der Waals surface area contributed by atoms with Crippen molar-refractivity contribution in [3.05, 3.63) is 16.6 Å². The zero-order valence-electron chi connectivity index (χ0n) is 11.9. The van der Waals surface area contributed by atoms with Gasteiger partial charge in [0.15, 0.2) is 10.5 Å². The van der Waals surface area contributed by atoms with Crippen molar-refractivity contribution in [2.45, 2.75) is 18.4 Å². The maximum atomic E-state index is 12.1. The molecule has 0 radical (unpaired) electrons. The van der Waals surface area contributed by atoms with Gasteiger partial charge in [-0.2, -0.15) is 0 Å². The summed E-state index contributed by atoms with van der Waals surface area (Å²) >= 11 is 1.36. The maximum absolute atomic E-state index is 12.1. The molecule has 3 aliphatic heterocycles. The van der Waals surface area contributed by atoms with Crippen LogP contribution in [0.2, 0.25) is 0 Å². The summed E-state index contributed by atoms with van der Waals surface area (Å²) in [6, 6.07) is 0. The molecule has 0 aliphatic carbocycles. The van der Waals surface area contributed by atoms with Crippen molar-refractivity contribution in [1.82, 2.24) is 15.2 Å². The molecular weight excluding hydrogens is 304 g/mol. The summed E-state index contributed by atoms with van der Waals surface area (Å²) in [5, 5.41) is 5.21. The molecule has 1 spiro atoms. The third-order valence-corrected chi connectivity index (χ3v) is 5.13. The number of hydrogen-bond donors (Lipinski definition) is 1. The molecule has 0 aromatic carbocycles. The molecule has 0 saturated carbocycles. The SMILES string of the molecule is O=C(c1nccs1)N1CC(CC2=NC3(CCOC3)C(=O)N2)C1. The van der Waals surface area contributed by atoms with E-state index in [4.69, 9.17) is 4.74 Å². The number of thiazole rings is 1. The Morgan fingerprint density at radius 3 is 3.09 bits per heavy atom. The Bertz CT molecular complexity index is 631. The second-order valence-electron chi connectivity index (χ2n) is 5.96. The lowest BCUT2D eigenvalue weighted by Gasteiger charge is -2.38. The normalized spacial score (nSPS) is 27.9. The number of amidine groups is 1. The Morgan fingerprint density at radius 1 is 1.55 bits per heavy atom. The van der Waals surface area contributed by atoms with E-state index < -0.39 is 5.54 Å². The molecule has 2 amide bonds. The third-order valence-electron chi connectivity index (χ3n) is 4.37. The first kappa shape index (κ1) is 13.8. The molecular formula is C14H16N4O3S. The number of likely N-dealkylation sites (tertiary alicyclic amines) is 1. The number of ether oxygens (including phenoxy) is 1. The van der Waals surface area contributed by atoms with Gasteiger partial charge < -0.3 is 15.0 Å². The van der Waals surface area contributed by atoms with Crippen LogP contribution in [0.1, 0.15) is 22.6 Å². The summed E-state index contributed by atoms with van der Waals surface area (Å²) in [7, 11) is 0. The molecule has 8 heteroatoms. The van der Waals surface area contributed by atoms with Crippen LogP contribution in [0, 0.1) is 5.92 Å². The average molecular weight is 320 g/mol. The highest BCUT2D eigenvalue weighted by molar-refractivity contribution is 7.11. The van der Waals surface area contributed by atoms with E-state index in [9.17, 15) is 9.59 Å². The monoisotopic (exact) mass is 320 g/mol. The summed E-state index contributed by atoms with van der Waals surface area (Å²) in [5.74, 6) is 1.03. The number of rotatable bonds is 3. The van der Waals surface area contributed by atoms with Crippen molar-refractivity contribution in [2.75, 3.05) is 26.3 Å². The lowest BCUT2D eigenvalue weighted by atomic mass is 9.95. The van der Waals surface area contributed by atoms with E-state index >= 15 is 0 Å². The van der Waals surface area contributed by atoms with Crippen LogP contribution in [-0.4, -0.2) is 59.4 Å². The fourth-order valence-corrected chi connectivity index (χ4v) is 3.71. The fraction of sp³-hybridized carbons (Fsp3) is 0.571. The zero-order chi connectivity index (χ0) is 15.2. The molecule has 3 aliphatic rings. The van der Waals surface area contributed by atoms with Gasteiger partial charge in [0.25, 0.3) is 11.8 Å². The highest BCUT2D eigenvalue weighted by atomic mass is 32.1. The van der Waals surface area contributed by atoms with Crippen LogP contribution >= 0.6 is 11.3 Å². The minimum absolute atomic E-state index is 0.00990. The number of amides is 2. The Hall–Kier alpha value is -1.80. The predicted molar refractivity (Wildman–Crippen MR) is 79.9 cm³/mol. The molecule has 116 valence electrons. The largest absolute Gasteiger partial charge is 0.378 e. The van der Waals surface area contributed by atoms with E-state index in [2.05, 4.69) is 15.3 Å². The van der Waals surface area contributed by atoms with Gasteiger partial charge in [-0.3, -0.25) is 14.6 Å². The van der Waals surface area contributed by atoms with Crippen molar-refractivity contribution < 1.29 is 14.3 Å². The van der Waals surface area contributed by atoms with E-state index in [1.165, 1.54) is 11.3 Å². The molecule has 4 heterocycles. The molecule has 2 fully saturated rings. The first-order valence-corrected chi connectivity index (χ1v) is 8.21. The van der Waals surface area contributed by atoms with Gasteiger partial charge in [-0.05, 0) is 0 Å². The van der Waals surface area contributed by atoms with Gasteiger partial charge in [0.1, 0.15) is 5.84 Å². The Labute approximate surface area is 131 Å². The van der Waals surface area contributed by atoms with Crippen molar-refractivity contribution >= 4 is 29.0 Å². The van der Waals surface area contributed by atoms with E-state index in [1.54, 1.807) is 16.5 Å². The fourth-order valence-electron chi connectivity index (χ4n) is 3.11. The smallest absolute Gasteiger partial charge is 0.282 e. The average Bonchev–Trinajstić information content (AvgIpc) is 3.17. The Morgan fingerprint density at radius 2 is 2.41 bits per heavy atom. The van der Waals surface area contributed by atoms with Crippen molar-refractivity contribution in [3.8, 4) is 0 Å². The lowest BCUT2D eigenvalue weighted by Crippen LogP contribution is -2.51. The summed E-state index contributed by atoms with van der Waals surface area (Å²) in [4.78, 5) is 34.5. The second-order valence-corrected chi connectivity index (χ2v) is 6.86. The van der Waals surface area contributed by atoms with Crippen molar-refractivity contribution in [2.24, 2.45) is 10.9 Å². The summed E-state index contributed by atoms with van der Waals surface area (Å²) in [5.41, 5.74) is -0.685. The lowest BCUT2D eigenvalue weighted by molar-refractivity contribution is -0.123. The number of nitrogens with one attached hydrogen (secondary N) is 1. The molecule has 2 saturated heterocycles. The van der Waals surface area contributed by atoms with E-state index in [-0.39, 0.29) is 11.8 Å². The molecule has 1 aromatic rings. The van der Waals surface area contributed by atoms with Crippen molar-refractivity contribution in [3.63, 3.8) is 0 Å². The number of carbonyl (C=O) groups excluding carboxylic acids is 2. The third kappa shape index (κ3) is 2.22. The quantitative estimate of drug-likeness (QED) is 0.868. The number of aliphatic imine (C=N–C) groups is 1. The van der Waals surface area contributed by atoms with Gasteiger partial charge in [-0.25, -0.2) is 4.98 Å². The molecule has 4 rings (SSSR count). The molecule has 1 aromatic heterocycles. The van der Waals surface area contributed by atoms with E-state index in [0.29, 0.717) is 50.1 Å². The van der Waals surface area contributed by atoms with Crippen LogP contribution in [0.4, 0.5) is 0 Å².